The summed E-state index contributed by atoms with van der Waals surface area (Å²) in [5.74, 6) is 0. The zero-order valence-corrected chi connectivity index (χ0v) is 42.7. The topological polar surface area (TPSA) is 0 Å². The van der Waals surface area contributed by atoms with E-state index in [0.29, 0.717) is 10.0 Å². The molecule has 2 aliphatic rings. The van der Waals surface area contributed by atoms with Gasteiger partial charge in [0.15, 0.2) is 0 Å². The van der Waals surface area contributed by atoms with E-state index in [0.717, 1.165) is 35.9 Å². The van der Waals surface area contributed by atoms with Gasteiger partial charge in [0.1, 0.15) is 0 Å². The number of halogens is 4. The van der Waals surface area contributed by atoms with E-state index >= 15 is 0 Å². The summed E-state index contributed by atoms with van der Waals surface area (Å²) in [7, 11) is 18.7. The van der Waals surface area contributed by atoms with Crippen LogP contribution < -0.4 is 0 Å². The Bertz CT molecular complexity index is 2710. The standard InChI is InChI=1S/C29H41.C21H12Cl2.C5H5.2ClH.Zr/c1-26(2,3)22-14-18-13-19-15-23(27(4,5)6)25(29(10,11)12)17-21(19)20(18)16-24(22)28(7,8)9;22-20-11-3-7-16-14(5-1-9-18(16)20)13-15-6-2-10-19-17(15)8-4-12-21(19)23;1-2-4-5-3-1;;;/h13-17H,1-12H3;1-12H;1-5H;2*1H;/q;;;;;+2/p-2. The van der Waals surface area contributed by atoms with Gasteiger partial charge in [0.05, 0.1) is 0 Å². The van der Waals surface area contributed by atoms with E-state index in [1.807, 2.05) is 24.3 Å². The van der Waals surface area contributed by atoms with E-state index in [2.05, 4.69) is 180 Å². The van der Waals surface area contributed by atoms with Crippen LogP contribution in [0.3, 0.4) is 0 Å². The predicted molar refractivity (Wildman–Crippen MR) is 263 cm³/mol. The molecule has 0 nitrogen and oxygen atoms in total. The van der Waals surface area contributed by atoms with Crippen molar-refractivity contribution in [1.29, 1.82) is 0 Å². The number of allylic oxidation sites excluding steroid dienone is 4. The van der Waals surface area contributed by atoms with E-state index < -0.39 is 15.9 Å². The Morgan fingerprint density at radius 3 is 1.15 bits per heavy atom. The van der Waals surface area contributed by atoms with E-state index in [1.165, 1.54) is 44.5 Å². The van der Waals surface area contributed by atoms with E-state index in [1.54, 1.807) is 0 Å². The van der Waals surface area contributed by atoms with Crippen LogP contribution in [0.2, 0.25) is 13.7 Å². The molecule has 0 bridgehead atoms. The summed E-state index contributed by atoms with van der Waals surface area (Å²) in [6.45, 7) is 28.1. The minimum atomic E-state index is -5.95. The van der Waals surface area contributed by atoms with Gasteiger partial charge < -0.3 is 0 Å². The Hall–Kier alpha value is -2.77. The number of fused-ring (bicyclic) bond motifs is 5. The first-order valence-corrected chi connectivity index (χ1v) is 32.5. The second-order valence-corrected chi connectivity index (χ2v) is 43.1. The van der Waals surface area contributed by atoms with Crippen molar-refractivity contribution in [3.63, 3.8) is 0 Å². The first kappa shape index (κ1) is 43.9. The van der Waals surface area contributed by atoms with E-state index in [4.69, 9.17) is 23.2 Å². The molecule has 6 aromatic rings. The van der Waals surface area contributed by atoms with Crippen LogP contribution >= 0.6 is 40.2 Å². The molecule has 0 amide bonds. The SMILES string of the molecule is CC(C)(C)c1cc2c(cc1C(C)(C)C)[CH]([Zr]([Cl])([Cl])(=[C](c1cccc3c(Cl)cccc13)c1cccc3c(Cl)cccc13)[CH]1C=CC=C1)c1cc(C(C)(C)C)c(C(C)(C)C)cc1-2. The molecule has 0 spiro atoms. The average molecular weight is 952 g/mol. The predicted octanol–water partition coefficient (Wildman–Crippen LogP) is 17.7. The summed E-state index contributed by atoms with van der Waals surface area (Å²) in [6.07, 6.45) is 8.84. The molecule has 0 radical (unpaired) electrons. The zero-order chi connectivity index (χ0) is 43.6. The Labute approximate surface area is 376 Å². The third kappa shape index (κ3) is 7.01. The van der Waals surface area contributed by atoms with Crippen LogP contribution in [0.25, 0.3) is 32.7 Å². The maximum atomic E-state index is 9.34. The van der Waals surface area contributed by atoms with Crippen molar-refractivity contribution in [2.24, 2.45) is 0 Å². The van der Waals surface area contributed by atoms with Crippen LogP contribution in [0.15, 0.2) is 121 Å². The number of benzene rings is 6. The minimum absolute atomic E-state index is 0.104. The zero-order valence-electron chi connectivity index (χ0n) is 37.2. The number of hydrogen-bond acceptors (Lipinski definition) is 0. The van der Waals surface area contributed by atoms with Crippen LogP contribution in [0.4, 0.5) is 0 Å². The first-order valence-electron chi connectivity index (χ1n) is 21.4. The third-order valence-electron chi connectivity index (χ3n) is 13.2. The summed E-state index contributed by atoms with van der Waals surface area (Å²) in [5, 5.41) is 5.39. The molecule has 0 aromatic heterocycles. The van der Waals surface area contributed by atoms with Crippen LogP contribution in [0.5, 0.6) is 0 Å². The molecule has 8 rings (SSSR count). The Balaban J connectivity index is 1.70. The molecule has 310 valence electrons. The summed E-state index contributed by atoms with van der Waals surface area (Å²) in [5.41, 5.74) is 11.9. The fourth-order valence-corrected chi connectivity index (χ4v) is 30.0. The number of rotatable bonds is 4. The third-order valence-corrected chi connectivity index (χ3v) is 33.4. The monoisotopic (exact) mass is 948 g/mol. The Morgan fingerprint density at radius 1 is 0.450 bits per heavy atom. The molecule has 0 heterocycles. The molecule has 60 heavy (non-hydrogen) atoms. The van der Waals surface area contributed by atoms with Crippen LogP contribution in [0.1, 0.15) is 131 Å². The number of hydrogen-bond donors (Lipinski definition) is 0. The van der Waals surface area contributed by atoms with Gasteiger partial charge in [-0.15, -0.1) is 0 Å². The Kier molecular flexibility index (Phi) is 10.7. The summed E-state index contributed by atoms with van der Waals surface area (Å²) >= 11 is 8.16. The molecule has 0 atom stereocenters. The van der Waals surface area contributed by atoms with Crippen LogP contribution in [-0.4, -0.2) is 3.21 Å². The molecule has 6 aromatic carbocycles. The fourth-order valence-electron chi connectivity index (χ4n) is 10.3. The molecule has 0 aliphatic heterocycles. The van der Waals surface area contributed by atoms with Crippen molar-refractivity contribution in [3.05, 3.63) is 176 Å². The van der Waals surface area contributed by atoms with Crippen LogP contribution in [0, 0.1) is 0 Å². The van der Waals surface area contributed by atoms with E-state index in [-0.39, 0.29) is 28.9 Å². The van der Waals surface area contributed by atoms with Gasteiger partial charge in [-0.2, -0.15) is 0 Å². The molecule has 5 heteroatoms. The molecule has 0 N–H and O–H groups in total. The summed E-state index contributed by atoms with van der Waals surface area (Å²) in [4.78, 5) is 0. The Morgan fingerprint density at radius 2 is 0.783 bits per heavy atom. The van der Waals surface area contributed by atoms with Gasteiger partial charge in [-0.25, -0.2) is 0 Å². The van der Waals surface area contributed by atoms with Gasteiger partial charge in [0.2, 0.25) is 0 Å². The second-order valence-electron chi connectivity index (χ2n) is 21.5. The average Bonchev–Trinajstić information content (AvgIpc) is 3.82. The van der Waals surface area contributed by atoms with Crippen molar-refractivity contribution in [2.75, 3.05) is 0 Å². The van der Waals surface area contributed by atoms with Gasteiger partial charge in [-0.3, -0.25) is 0 Å². The van der Waals surface area contributed by atoms with Crippen molar-refractivity contribution < 1.29 is 15.9 Å². The molecule has 0 fully saturated rings. The van der Waals surface area contributed by atoms with Gasteiger partial charge in [-0.05, 0) is 0 Å². The van der Waals surface area contributed by atoms with Crippen LogP contribution in [-0.2, 0) is 37.6 Å². The van der Waals surface area contributed by atoms with Gasteiger partial charge in [0, 0.05) is 0 Å². The van der Waals surface area contributed by atoms with Crippen molar-refractivity contribution >= 4 is 65.0 Å². The molecule has 0 saturated heterocycles. The van der Waals surface area contributed by atoms with E-state index in [9.17, 15) is 17.0 Å². The fraction of sp³-hybridized carbons (Fsp3) is 0.327. The molecule has 2 aliphatic carbocycles. The molecule has 0 saturated carbocycles. The molecular formula is C55H58Cl4Zr. The summed E-state index contributed by atoms with van der Waals surface area (Å²) < 4.78 is 0.472. The second kappa shape index (κ2) is 14.6. The first-order chi connectivity index (χ1) is 27.8. The van der Waals surface area contributed by atoms with Crippen molar-refractivity contribution in [3.8, 4) is 11.1 Å². The van der Waals surface area contributed by atoms with Gasteiger partial charge >= 0.3 is 380 Å². The molecular weight excluding hydrogens is 894 g/mol. The van der Waals surface area contributed by atoms with Gasteiger partial charge in [0.25, 0.3) is 0 Å². The maximum absolute atomic E-state index is 9.34. The quantitative estimate of drug-likeness (QED) is 0.165. The van der Waals surface area contributed by atoms with Crippen molar-refractivity contribution in [2.45, 2.75) is 112 Å². The van der Waals surface area contributed by atoms with Gasteiger partial charge in [-0.1, -0.05) is 0 Å². The molecule has 0 unspecified atom stereocenters. The van der Waals surface area contributed by atoms with Crippen molar-refractivity contribution in [1.82, 2.24) is 0 Å². The normalized spacial score (nSPS) is 15.3. The summed E-state index contributed by atoms with van der Waals surface area (Å²) in [6, 6.07) is 35.3.